The molecule has 88 valence electrons. The summed E-state index contributed by atoms with van der Waals surface area (Å²) in [4.78, 5) is 0. The van der Waals surface area contributed by atoms with Gasteiger partial charge < -0.3 is 15.2 Å². The van der Waals surface area contributed by atoms with Crippen molar-refractivity contribution in [3.05, 3.63) is 42.0 Å². The molecule has 1 atom stereocenters. The van der Waals surface area contributed by atoms with Gasteiger partial charge in [-0.3, -0.25) is 0 Å². The third-order valence-electron chi connectivity index (χ3n) is 2.15. The summed E-state index contributed by atoms with van der Waals surface area (Å²) in [5, 5.41) is 12.8. The van der Waals surface area contributed by atoms with Gasteiger partial charge >= 0.3 is 0 Å². The molecule has 1 aromatic carbocycles. The number of rotatable bonds is 6. The molecule has 0 fully saturated rings. The Balaban J connectivity index is 2.78. The molecule has 0 aliphatic rings. The average molecular weight is 221 g/mol. The van der Waals surface area contributed by atoms with Gasteiger partial charge in [0, 0.05) is 12.1 Å². The fourth-order valence-corrected chi connectivity index (χ4v) is 1.39. The summed E-state index contributed by atoms with van der Waals surface area (Å²) in [6, 6.07) is 7.51. The Hall–Kier alpha value is -1.32. The Morgan fingerprint density at radius 2 is 2.19 bits per heavy atom. The Bertz CT molecular complexity index is 350. The van der Waals surface area contributed by atoms with E-state index in [0.29, 0.717) is 18.9 Å². The smallest absolute Gasteiger partial charge is 0.125 e. The number of benzene rings is 1. The fraction of sp³-hybridized carbons (Fsp3) is 0.385. The molecule has 1 rings (SSSR count). The first kappa shape index (κ1) is 12.7. The summed E-state index contributed by atoms with van der Waals surface area (Å²) in [6.07, 6.45) is -0.550. The van der Waals surface area contributed by atoms with Crippen molar-refractivity contribution < 1.29 is 9.84 Å². The van der Waals surface area contributed by atoms with Crippen LogP contribution in [0.4, 0.5) is 0 Å². The molecule has 0 bridgehead atoms. The molecule has 1 aromatic rings. The second-order valence-corrected chi connectivity index (χ2v) is 3.86. The van der Waals surface area contributed by atoms with E-state index in [1.807, 2.05) is 31.2 Å². The Labute approximate surface area is 96.8 Å². The van der Waals surface area contributed by atoms with E-state index >= 15 is 0 Å². The van der Waals surface area contributed by atoms with Crippen LogP contribution in [0, 0.1) is 0 Å². The van der Waals surface area contributed by atoms with E-state index in [0.717, 1.165) is 11.1 Å². The standard InChI is InChI=1S/C13H19NO2/c1-10(2)9-16-13-7-5-4-6-11(13)12(15)8-14-3/h4-7,12,14-15H,1,8-9H2,2-3H3. The van der Waals surface area contributed by atoms with Crippen LogP contribution in [0.5, 0.6) is 5.75 Å². The fourth-order valence-electron chi connectivity index (χ4n) is 1.39. The zero-order valence-electron chi connectivity index (χ0n) is 9.86. The average Bonchev–Trinajstić information content (AvgIpc) is 2.27. The summed E-state index contributed by atoms with van der Waals surface area (Å²) in [7, 11) is 1.81. The first-order valence-electron chi connectivity index (χ1n) is 5.34. The number of hydrogen-bond donors (Lipinski definition) is 2. The highest BCUT2D eigenvalue weighted by Gasteiger charge is 2.11. The lowest BCUT2D eigenvalue weighted by Gasteiger charge is -2.15. The molecule has 1 unspecified atom stereocenters. The van der Waals surface area contributed by atoms with Crippen LogP contribution in [0.3, 0.4) is 0 Å². The van der Waals surface area contributed by atoms with Gasteiger partial charge in [-0.1, -0.05) is 24.8 Å². The molecular formula is C13H19NO2. The molecular weight excluding hydrogens is 202 g/mol. The van der Waals surface area contributed by atoms with Gasteiger partial charge in [0.05, 0.1) is 6.10 Å². The van der Waals surface area contributed by atoms with Crippen molar-refractivity contribution in [2.24, 2.45) is 0 Å². The van der Waals surface area contributed by atoms with E-state index < -0.39 is 6.10 Å². The van der Waals surface area contributed by atoms with E-state index in [1.165, 1.54) is 0 Å². The molecule has 3 nitrogen and oxygen atoms in total. The number of aliphatic hydroxyl groups is 1. The van der Waals surface area contributed by atoms with Gasteiger partial charge in [-0.15, -0.1) is 0 Å². The Kier molecular flexibility index (Phi) is 5.02. The summed E-state index contributed by atoms with van der Waals surface area (Å²) in [6.45, 7) is 6.67. The van der Waals surface area contributed by atoms with Crippen molar-refractivity contribution in [1.29, 1.82) is 0 Å². The number of para-hydroxylation sites is 1. The molecule has 0 spiro atoms. The van der Waals surface area contributed by atoms with Gasteiger partial charge in [0.1, 0.15) is 12.4 Å². The highest BCUT2D eigenvalue weighted by atomic mass is 16.5. The van der Waals surface area contributed by atoms with Crippen molar-refractivity contribution in [1.82, 2.24) is 5.32 Å². The zero-order valence-corrected chi connectivity index (χ0v) is 9.86. The van der Waals surface area contributed by atoms with Crippen molar-refractivity contribution in [3.8, 4) is 5.75 Å². The van der Waals surface area contributed by atoms with E-state index in [9.17, 15) is 5.11 Å². The van der Waals surface area contributed by atoms with Crippen molar-refractivity contribution >= 4 is 0 Å². The Morgan fingerprint density at radius 3 is 2.81 bits per heavy atom. The van der Waals surface area contributed by atoms with Crippen LogP contribution in [0.25, 0.3) is 0 Å². The van der Waals surface area contributed by atoms with Gasteiger partial charge in [-0.2, -0.15) is 0 Å². The lowest BCUT2D eigenvalue weighted by Crippen LogP contribution is -2.17. The van der Waals surface area contributed by atoms with Gasteiger partial charge in [0.2, 0.25) is 0 Å². The van der Waals surface area contributed by atoms with Crippen molar-refractivity contribution in [2.75, 3.05) is 20.2 Å². The molecule has 3 heteroatoms. The van der Waals surface area contributed by atoms with E-state index in [1.54, 1.807) is 7.05 Å². The van der Waals surface area contributed by atoms with Gasteiger partial charge in [0.15, 0.2) is 0 Å². The topological polar surface area (TPSA) is 41.5 Å². The maximum absolute atomic E-state index is 9.90. The van der Waals surface area contributed by atoms with Crippen molar-refractivity contribution in [2.45, 2.75) is 13.0 Å². The van der Waals surface area contributed by atoms with E-state index in [-0.39, 0.29) is 0 Å². The van der Waals surface area contributed by atoms with Crippen LogP contribution in [-0.4, -0.2) is 25.3 Å². The quantitative estimate of drug-likeness (QED) is 0.721. The SMILES string of the molecule is C=C(C)COc1ccccc1C(O)CNC. The third-order valence-corrected chi connectivity index (χ3v) is 2.15. The number of hydrogen-bond acceptors (Lipinski definition) is 3. The summed E-state index contributed by atoms with van der Waals surface area (Å²) >= 11 is 0. The van der Waals surface area contributed by atoms with Gasteiger partial charge in [-0.25, -0.2) is 0 Å². The van der Waals surface area contributed by atoms with Gasteiger partial charge in [0.25, 0.3) is 0 Å². The van der Waals surface area contributed by atoms with Crippen LogP contribution in [0.2, 0.25) is 0 Å². The first-order chi connectivity index (χ1) is 7.65. The molecule has 16 heavy (non-hydrogen) atoms. The zero-order chi connectivity index (χ0) is 12.0. The summed E-state index contributed by atoms with van der Waals surface area (Å²) in [5.41, 5.74) is 1.76. The third kappa shape index (κ3) is 3.68. The second-order valence-electron chi connectivity index (χ2n) is 3.86. The molecule has 0 aromatic heterocycles. The number of nitrogens with one attached hydrogen (secondary N) is 1. The van der Waals surface area contributed by atoms with Crippen LogP contribution in [0.15, 0.2) is 36.4 Å². The monoisotopic (exact) mass is 221 g/mol. The predicted octanol–water partition coefficient (Wildman–Crippen LogP) is 1.89. The minimum absolute atomic E-state index is 0.475. The highest BCUT2D eigenvalue weighted by Crippen LogP contribution is 2.24. The normalized spacial score (nSPS) is 12.2. The van der Waals surface area contributed by atoms with E-state index in [4.69, 9.17) is 4.74 Å². The van der Waals surface area contributed by atoms with Crippen LogP contribution >= 0.6 is 0 Å². The maximum Gasteiger partial charge on any atom is 0.125 e. The van der Waals surface area contributed by atoms with Crippen molar-refractivity contribution in [3.63, 3.8) is 0 Å². The molecule has 2 N–H and O–H groups in total. The highest BCUT2D eigenvalue weighted by molar-refractivity contribution is 5.35. The molecule has 0 saturated carbocycles. The maximum atomic E-state index is 9.90. The number of aliphatic hydroxyl groups excluding tert-OH is 1. The molecule has 0 aliphatic carbocycles. The Morgan fingerprint density at radius 1 is 1.50 bits per heavy atom. The molecule has 0 amide bonds. The van der Waals surface area contributed by atoms with E-state index in [2.05, 4.69) is 11.9 Å². The molecule has 0 saturated heterocycles. The van der Waals surface area contributed by atoms with Crippen LogP contribution in [-0.2, 0) is 0 Å². The number of ether oxygens (including phenoxy) is 1. The molecule has 0 aliphatic heterocycles. The summed E-state index contributed by atoms with van der Waals surface area (Å²) in [5.74, 6) is 0.716. The second kappa shape index (κ2) is 6.30. The lowest BCUT2D eigenvalue weighted by atomic mass is 10.1. The minimum atomic E-state index is -0.550. The minimum Gasteiger partial charge on any atom is -0.489 e. The lowest BCUT2D eigenvalue weighted by molar-refractivity contribution is 0.172. The first-order valence-corrected chi connectivity index (χ1v) is 5.34. The van der Waals surface area contributed by atoms with Crippen LogP contribution < -0.4 is 10.1 Å². The van der Waals surface area contributed by atoms with Crippen LogP contribution in [0.1, 0.15) is 18.6 Å². The number of likely N-dealkylation sites (N-methyl/N-ethyl adjacent to an activating group) is 1. The molecule has 0 radical (unpaired) electrons. The largest absolute Gasteiger partial charge is 0.489 e. The summed E-state index contributed by atoms with van der Waals surface area (Å²) < 4.78 is 5.58. The molecule has 0 heterocycles. The predicted molar refractivity (Wildman–Crippen MR) is 65.6 cm³/mol. The van der Waals surface area contributed by atoms with Gasteiger partial charge in [-0.05, 0) is 25.6 Å².